The van der Waals surface area contributed by atoms with Gasteiger partial charge in [-0.15, -0.1) is 0 Å². The standard InChI is InChI=1S/C13H13FN2O/c1-9-7-13(10(2)17)16(15-9)8-11-5-3-4-6-12(11)14/h3-7H,8H2,1-2H3. The predicted octanol–water partition coefficient (Wildman–Crippen LogP) is 2.58. The molecule has 0 N–H and O–H groups in total. The van der Waals surface area contributed by atoms with Gasteiger partial charge in [0.25, 0.3) is 0 Å². The molecule has 0 bridgehead atoms. The zero-order chi connectivity index (χ0) is 12.4. The number of rotatable bonds is 3. The number of hydrogen-bond acceptors (Lipinski definition) is 2. The fraction of sp³-hybridized carbons (Fsp3) is 0.231. The number of carbonyl (C=O) groups excluding carboxylic acids is 1. The first-order valence-corrected chi connectivity index (χ1v) is 5.36. The summed E-state index contributed by atoms with van der Waals surface area (Å²) in [6, 6.07) is 8.21. The van der Waals surface area contributed by atoms with Crippen LogP contribution >= 0.6 is 0 Å². The molecule has 0 fully saturated rings. The molecule has 0 aliphatic rings. The van der Waals surface area contributed by atoms with Gasteiger partial charge in [-0.25, -0.2) is 4.39 Å². The quantitative estimate of drug-likeness (QED) is 0.762. The highest BCUT2D eigenvalue weighted by Gasteiger charge is 2.11. The summed E-state index contributed by atoms with van der Waals surface area (Å²) in [6.45, 7) is 3.56. The van der Waals surface area contributed by atoms with Crippen molar-refractivity contribution in [3.05, 3.63) is 53.1 Å². The smallest absolute Gasteiger partial charge is 0.177 e. The number of carbonyl (C=O) groups is 1. The Labute approximate surface area is 98.9 Å². The largest absolute Gasteiger partial charge is 0.293 e. The SMILES string of the molecule is CC(=O)c1cc(C)nn1Cc1ccccc1F. The fourth-order valence-corrected chi connectivity index (χ4v) is 1.74. The second-order valence-electron chi connectivity index (χ2n) is 3.98. The Bertz CT molecular complexity index is 560. The van der Waals surface area contributed by atoms with E-state index in [0.29, 0.717) is 11.3 Å². The van der Waals surface area contributed by atoms with Gasteiger partial charge in [0, 0.05) is 12.5 Å². The molecule has 0 saturated heterocycles. The van der Waals surface area contributed by atoms with Crippen LogP contribution in [0.25, 0.3) is 0 Å². The number of nitrogens with zero attached hydrogens (tertiary/aromatic N) is 2. The highest BCUT2D eigenvalue weighted by molar-refractivity contribution is 5.92. The first-order valence-electron chi connectivity index (χ1n) is 5.36. The second-order valence-corrected chi connectivity index (χ2v) is 3.98. The Morgan fingerprint density at radius 1 is 1.41 bits per heavy atom. The van der Waals surface area contributed by atoms with Crippen molar-refractivity contribution >= 4 is 5.78 Å². The number of hydrogen-bond donors (Lipinski definition) is 0. The van der Waals surface area contributed by atoms with Crippen molar-refractivity contribution in [3.8, 4) is 0 Å². The molecule has 0 saturated carbocycles. The summed E-state index contributed by atoms with van der Waals surface area (Å²) in [5, 5.41) is 4.20. The van der Waals surface area contributed by atoms with Crippen molar-refractivity contribution in [3.63, 3.8) is 0 Å². The zero-order valence-corrected chi connectivity index (χ0v) is 9.77. The van der Waals surface area contributed by atoms with E-state index in [9.17, 15) is 9.18 Å². The van der Waals surface area contributed by atoms with E-state index in [0.717, 1.165) is 5.69 Å². The predicted molar refractivity (Wildman–Crippen MR) is 62.5 cm³/mol. The topological polar surface area (TPSA) is 34.9 Å². The molecule has 1 aromatic heterocycles. The summed E-state index contributed by atoms with van der Waals surface area (Å²) in [6.07, 6.45) is 0. The van der Waals surface area contributed by atoms with Gasteiger partial charge in [0.2, 0.25) is 0 Å². The Balaban J connectivity index is 2.36. The minimum Gasteiger partial charge on any atom is -0.293 e. The van der Waals surface area contributed by atoms with Crippen LogP contribution in [-0.2, 0) is 6.54 Å². The Hall–Kier alpha value is -1.97. The zero-order valence-electron chi connectivity index (χ0n) is 9.77. The van der Waals surface area contributed by atoms with Crippen LogP contribution < -0.4 is 0 Å². The van der Waals surface area contributed by atoms with Crippen LogP contribution in [0.15, 0.2) is 30.3 Å². The van der Waals surface area contributed by atoms with E-state index < -0.39 is 0 Å². The van der Waals surface area contributed by atoms with E-state index in [2.05, 4.69) is 5.10 Å². The monoisotopic (exact) mass is 232 g/mol. The number of benzene rings is 1. The van der Waals surface area contributed by atoms with Crippen molar-refractivity contribution in [2.75, 3.05) is 0 Å². The molecule has 1 aromatic carbocycles. The minimum atomic E-state index is -0.282. The van der Waals surface area contributed by atoms with Gasteiger partial charge in [-0.05, 0) is 19.1 Å². The Morgan fingerprint density at radius 3 is 2.76 bits per heavy atom. The summed E-state index contributed by atoms with van der Waals surface area (Å²) < 4.78 is 15.0. The molecule has 2 rings (SSSR count). The van der Waals surface area contributed by atoms with E-state index in [4.69, 9.17) is 0 Å². The number of aryl methyl sites for hydroxylation is 1. The van der Waals surface area contributed by atoms with Crippen LogP contribution in [0.3, 0.4) is 0 Å². The first kappa shape index (κ1) is 11.5. The molecular weight excluding hydrogens is 219 g/mol. The molecule has 3 nitrogen and oxygen atoms in total. The van der Waals surface area contributed by atoms with Gasteiger partial charge >= 0.3 is 0 Å². The van der Waals surface area contributed by atoms with Crippen LogP contribution in [0.1, 0.15) is 28.7 Å². The van der Waals surface area contributed by atoms with Gasteiger partial charge in [0.15, 0.2) is 5.78 Å². The molecule has 17 heavy (non-hydrogen) atoms. The van der Waals surface area contributed by atoms with Crippen LogP contribution in [0.4, 0.5) is 4.39 Å². The van der Waals surface area contributed by atoms with Gasteiger partial charge in [0.05, 0.1) is 12.2 Å². The lowest BCUT2D eigenvalue weighted by atomic mass is 10.2. The van der Waals surface area contributed by atoms with Crippen molar-refractivity contribution in [2.45, 2.75) is 20.4 Å². The number of Topliss-reactive ketones (excluding diaryl/α,β-unsaturated/α-hetero) is 1. The maximum absolute atomic E-state index is 13.5. The molecule has 0 atom stereocenters. The number of ketones is 1. The molecule has 0 aliphatic carbocycles. The third-order valence-corrected chi connectivity index (χ3v) is 2.54. The van der Waals surface area contributed by atoms with Crippen LogP contribution in [0, 0.1) is 12.7 Å². The normalized spacial score (nSPS) is 10.5. The van der Waals surface area contributed by atoms with Crippen LogP contribution in [0.2, 0.25) is 0 Å². The molecule has 0 unspecified atom stereocenters. The summed E-state index contributed by atoms with van der Waals surface area (Å²) >= 11 is 0. The van der Waals surface area contributed by atoms with Crippen LogP contribution in [0.5, 0.6) is 0 Å². The van der Waals surface area contributed by atoms with Gasteiger partial charge in [-0.2, -0.15) is 5.10 Å². The first-order chi connectivity index (χ1) is 8.08. The molecule has 0 radical (unpaired) electrons. The average Bonchev–Trinajstić information content (AvgIpc) is 2.63. The maximum atomic E-state index is 13.5. The lowest BCUT2D eigenvalue weighted by Crippen LogP contribution is -2.10. The molecular formula is C13H13FN2O. The van der Waals surface area contributed by atoms with Gasteiger partial charge in [-0.3, -0.25) is 9.48 Å². The lowest BCUT2D eigenvalue weighted by molar-refractivity contribution is 0.100. The Morgan fingerprint density at radius 2 is 2.12 bits per heavy atom. The van der Waals surface area contributed by atoms with Crippen LogP contribution in [-0.4, -0.2) is 15.6 Å². The summed E-state index contributed by atoms with van der Waals surface area (Å²) in [5.74, 6) is -0.350. The summed E-state index contributed by atoms with van der Waals surface area (Å²) in [7, 11) is 0. The van der Waals surface area contributed by atoms with E-state index in [1.54, 1.807) is 24.3 Å². The number of aromatic nitrogens is 2. The molecule has 88 valence electrons. The highest BCUT2D eigenvalue weighted by atomic mass is 19.1. The van der Waals surface area contributed by atoms with Crippen molar-refractivity contribution < 1.29 is 9.18 Å². The molecule has 0 amide bonds. The molecule has 0 aliphatic heterocycles. The molecule has 2 aromatic rings. The van der Waals surface area contributed by atoms with Crippen molar-refractivity contribution in [1.29, 1.82) is 0 Å². The van der Waals surface area contributed by atoms with E-state index in [-0.39, 0.29) is 18.1 Å². The molecule has 0 spiro atoms. The van der Waals surface area contributed by atoms with E-state index >= 15 is 0 Å². The summed E-state index contributed by atoms with van der Waals surface area (Å²) in [5.41, 5.74) is 1.79. The maximum Gasteiger partial charge on any atom is 0.177 e. The average molecular weight is 232 g/mol. The van der Waals surface area contributed by atoms with Crippen molar-refractivity contribution in [2.24, 2.45) is 0 Å². The molecule has 4 heteroatoms. The lowest BCUT2D eigenvalue weighted by Gasteiger charge is -2.06. The van der Waals surface area contributed by atoms with E-state index in [1.165, 1.54) is 17.7 Å². The second kappa shape index (κ2) is 4.49. The Kier molecular flexibility index (Phi) is 3.04. The number of halogens is 1. The van der Waals surface area contributed by atoms with Gasteiger partial charge < -0.3 is 0 Å². The third kappa shape index (κ3) is 2.41. The van der Waals surface area contributed by atoms with Gasteiger partial charge in [-0.1, -0.05) is 18.2 Å². The van der Waals surface area contributed by atoms with Gasteiger partial charge in [0.1, 0.15) is 11.5 Å². The summed E-state index contributed by atoms with van der Waals surface area (Å²) in [4.78, 5) is 11.4. The molecule has 1 heterocycles. The highest BCUT2D eigenvalue weighted by Crippen LogP contribution is 2.11. The van der Waals surface area contributed by atoms with Crippen molar-refractivity contribution in [1.82, 2.24) is 9.78 Å². The van der Waals surface area contributed by atoms with E-state index in [1.807, 2.05) is 6.92 Å². The third-order valence-electron chi connectivity index (χ3n) is 2.54. The minimum absolute atomic E-state index is 0.0676. The fourth-order valence-electron chi connectivity index (χ4n) is 1.74.